The zero-order valence-corrected chi connectivity index (χ0v) is 10.5. The van der Waals surface area contributed by atoms with Gasteiger partial charge in [-0.1, -0.05) is 18.2 Å². The number of pyridine rings is 1. The van der Waals surface area contributed by atoms with E-state index in [4.69, 9.17) is 4.74 Å². The average molecular weight is 261 g/mol. The molecule has 1 aromatic heterocycles. The molecule has 3 rings (SSSR count). The maximum atomic E-state index is 13.3. The second kappa shape index (κ2) is 4.98. The van der Waals surface area contributed by atoms with E-state index in [0.717, 1.165) is 6.42 Å². The summed E-state index contributed by atoms with van der Waals surface area (Å²) in [6.07, 6.45) is 2.39. The van der Waals surface area contributed by atoms with Crippen LogP contribution in [0.15, 0.2) is 47.5 Å². The number of ether oxygens (including phenoxy) is 1. The van der Waals surface area contributed by atoms with Gasteiger partial charge in [0.1, 0.15) is 6.61 Å². The van der Waals surface area contributed by atoms with Crippen molar-refractivity contribution in [3.8, 4) is 5.75 Å². The predicted molar refractivity (Wildman–Crippen MR) is 69.5 cm³/mol. The molecule has 0 saturated carbocycles. The van der Waals surface area contributed by atoms with Crippen molar-refractivity contribution in [3.63, 3.8) is 0 Å². The maximum Gasteiger partial charge on any atom is 0.255 e. The Morgan fingerprint density at radius 3 is 3.00 bits per heavy atom. The Kier molecular flexibility index (Phi) is 3.19. The fraction of sp³-hybridized carbons (Fsp3) is 0.214. The summed E-state index contributed by atoms with van der Waals surface area (Å²) in [4.78, 5) is 4.87. The van der Waals surface area contributed by atoms with Gasteiger partial charge in [-0.15, -0.1) is 11.8 Å². The van der Waals surface area contributed by atoms with E-state index in [0.29, 0.717) is 11.9 Å². The Labute approximate surface area is 109 Å². The van der Waals surface area contributed by atoms with Crippen molar-refractivity contribution < 1.29 is 9.13 Å². The Morgan fingerprint density at radius 2 is 2.17 bits per heavy atom. The number of hydrogen-bond donors (Lipinski definition) is 0. The molecule has 2 nitrogen and oxygen atoms in total. The van der Waals surface area contributed by atoms with Crippen LogP contribution in [0.2, 0.25) is 0 Å². The van der Waals surface area contributed by atoms with Crippen LogP contribution in [0.1, 0.15) is 5.56 Å². The lowest BCUT2D eigenvalue weighted by molar-refractivity contribution is 0.297. The Hall–Kier alpha value is -1.55. The van der Waals surface area contributed by atoms with Gasteiger partial charge in [-0.25, -0.2) is 4.98 Å². The molecule has 1 aliphatic rings. The van der Waals surface area contributed by atoms with Crippen molar-refractivity contribution in [2.24, 2.45) is 0 Å². The number of halogens is 1. The van der Waals surface area contributed by atoms with Crippen LogP contribution in [0.3, 0.4) is 0 Å². The second-order valence-electron chi connectivity index (χ2n) is 4.16. The van der Waals surface area contributed by atoms with Crippen LogP contribution in [0.5, 0.6) is 5.75 Å². The molecule has 2 heterocycles. The molecular weight excluding hydrogens is 249 g/mol. The van der Waals surface area contributed by atoms with Gasteiger partial charge < -0.3 is 4.74 Å². The summed E-state index contributed by atoms with van der Waals surface area (Å²) in [5.74, 6) is -0.313. The third kappa shape index (κ3) is 2.34. The first-order chi connectivity index (χ1) is 8.83. The van der Waals surface area contributed by atoms with Crippen molar-refractivity contribution in [2.75, 3.05) is 6.61 Å². The highest BCUT2D eigenvalue weighted by atomic mass is 32.2. The minimum absolute atomic E-state index is 0.231. The highest BCUT2D eigenvalue weighted by Crippen LogP contribution is 2.36. The van der Waals surface area contributed by atoms with Crippen LogP contribution >= 0.6 is 11.8 Å². The van der Waals surface area contributed by atoms with Crippen LogP contribution in [0.25, 0.3) is 0 Å². The molecule has 0 radical (unpaired) electrons. The third-order valence-corrected chi connectivity index (χ3v) is 4.15. The standard InChI is InChI=1S/C14H12FNOS/c15-14-12(5-3-7-16-14)17-9-11-8-10-4-1-2-6-13(10)18-11/h1-7,11H,8-9H2. The van der Waals surface area contributed by atoms with Crippen LogP contribution in [0.4, 0.5) is 4.39 Å². The summed E-state index contributed by atoms with van der Waals surface area (Å²) < 4.78 is 18.8. The summed E-state index contributed by atoms with van der Waals surface area (Å²) in [5, 5.41) is 0.349. The van der Waals surface area contributed by atoms with Gasteiger partial charge in [0.05, 0.1) is 0 Å². The largest absolute Gasteiger partial charge is 0.488 e. The molecule has 1 aliphatic heterocycles. The van der Waals surface area contributed by atoms with Crippen molar-refractivity contribution >= 4 is 11.8 Å². The summed E-state index contributed by atoms with van der Waals surface area (Å²) in [7, 11) is 0. The normalized spacial score (nSPS) is 17.5. The Morgan fingerprint density at radius 1 is 1.28 bits per heavy atom. The quantitative estimate of drug-likeness (QED) is 0.791. The molecule has 1 atom stereocenters. The van der Waals surface area contributed by atoms with Crippen molar-refractivity contribution in [3.05, 3.63) is 54.1 Å². The monoisotopic (exact) mass is 261 g/mol. The number of aromatic nitrogens is 1. The van der Waals surface area contributed by atoms with Crippen molar-refractivity contribution in [1.29, 1.82) is 0 Å². The van der Waals surface area contributed by atoms with Crippen molar-refractivity contribution in [2.45, 2.75) is 16.6 Å². The SMILES string of the molecule is Fc1ncccc1OCC1Cc2ccccc2S1. The molecule has 0 amide bonds. The van der Waals surface area contributed by atoms with Gasteiger partial charge in [-0.2, -0.15) is 4.39 Å². The van der Waals surface area contributed by atoms with Gasteiger partial charge in [-0.3, -0.25) is 0 Å². The van der Waals surface area contributed by atoms with Gasteiger partial charge in [0.2, 0.25) is 0 Å². The molecular formula is C14H12FNOS. The molecule has 0 N–H and O–H groups in total. The van der Waals surface area contributed by atoms with E-state index in [-0.39, 0.29) is 5.75 Å². The molecule has 0 fully saturated rings. The summed E-state index contributed by atoms with van der Waals surface area (Å²) in [6, 6.07) is 11.6. The maximum absolute atomic E-state index is 13.3. The van der Waals surface area contributed by atoms with Crippen LogP contribution in [-0.4, -0.2) is 16.8 Å². The number of thioether (sulfide) groups is 1. The molecule has 0 bridgehead atoms. The first-order valence-electron chi connectivity index (χ1n) is 5.81. The summed E-state index contributed by atoms with van der Waals surface area (Å²) >= 11 is 1.79. The molecule has 18 heavy (non-hydrogen) atoms. The zero-order valence-electron chi connectivity index (χ0n) is 9.67. The Balaban J connectivity index is 1.62. The van der Waals surface area contributed by atoms with Crippen molar-refractivity contribution in [1.82, 2.24) is 4.98 Å². The lowest BCUT2D eigenvalue weighted by Crippen LogP contribution is -2.14. The summed E-state index contributed by atoms with van der Waals surface area (Å²) in [6.45, 7) is 0.502. The van der Waals surface area contributed by atoms with E-state index < -0.39 is 5.95 Å². The van der Waals surface area contributed by atoms with E-state index in [1.54, 1.807) is 23.9 Å². The smallest absolute Gasteiger partial charge is 0.255 e. The van der Waals surface area contributed by atoms with Crippen LogP contribution < -0.4 is 4.74 Å². The predicted octanol–water partition coefficient (Wildman–Crippen LogP) is 3.32. The number of nitrogens with zero attached hydrogens (tertiary/aromatic N) is 1. The zero-order chi connectivity index (χ0) is 12.4. The third-order valence-electron chi connectivity index (χ3n) is 2.86. The molecule has 0 saturated heterocycles. The minimum Gasteiger partial charge on any atom is -0.488 e. The number of benzene rings is 1. The lowest BCUT2D eigenvalue weighted by atomic mass is 10.1. The topological polar surface area (TPSA) is 22.1 Å². The number of fused-ring (bicyclic) bond motifs is 1. The minimum atomic E-state index is -0.544. The molecule has 4 heteroatoms. The highest BCUT2D eigenvalue weighted by Gasteiger charge is 2.22. The van der Waals surface area contributed by atoms with Crippen LogP contribution in [0, 0.1) is 5.95 Å². The van der Waals surface area contributed by atoms with Gasteiger partial charge in [0.15, 0.2) is 5.75 Å². The van der Waals surface area contributed by atoms with Crippen LogP contribution in [-0.2, 0) is 6.42 Å². The van der Waals surface area contributed by atoms with E-state index in [1.165, 1.54) is 16.7 Å². The Bertz CT molecular complexity index is 536. The molecule has 1 aromatic carbocycles. The number of hydrogen-bond acceptors (Lipinski definition) is 3. The van der Waals surface area contributed by atoms with Gasteiger partial charge >= 0.3 is 0 Å². The van der Waals surface area contributed by atoms with Gasteiger partial charge in [0.25, 0.3) is 5.95 Å². The van der Waals surface area contributed by atoms with E-state index in [1.807, 2.05) is 12.1 Å². The molecule has 0 spiro atoms. The van der Waals surface area contributed by atoms with Gasteiger partial charge in [-0.05, 0) is 30.2 Å². The molecule has 2 aromatic rings. The first kappa shape index (κ1) is 11.5. The van der Waals surface area contributed by atoms with E-state index in [9.17, 15) is 4.39 Å². The fourth-order valence-corrected chi connectivity index (χ4v) is 3.23. The lowest BCUT2D eigenvalue weighted by Gasteiger charge is -2.10. The first-order valence-corrected chi connectivity index (χ1v) is 6.69. The summed E-state index contributed by atoms with van der Waals surface area (Å²) in [5.41, 5.74) is 1.35. The number of rotatable bonds is 3. The van der Waals surface area contributed by atoms with E-state index in [2.05, 4.69) is 17.1 Å². The fourth-order valence-electron chi connectivity index (χ4n) is 2.01. The molecule has 0 aliphatic carbocycles. The van der Waals surface area contributed by atoms with E-state index >= 15 is 0 Å². The molecule has 1 unspecified atom stereocenters. The highest BCUT2D eigenvalue weighted by molar-refractivity contribution is 8.00. The second-order valence-corrected chi connectivity index (χ2v) is 5.50. The molecule has 92 valence electrons. The van der Waals surface area contributed by atoms with Gasteiger partial charge in [0, 0.05) is 16.3 Å². The average Bonchev–Trinajstić information content (AvgIpc) is 2.80.